The summed E-state index contributed by atoms with van der Waals surface area (Å²) in [5, 5.41) is 8.26. The number of nitrogens with zero attached hydrogens (tertiary/aromatic N) is 6. The van der Waals surface area contributed by atoms with Gasteiger partial charge >= 0.3 is 0 Å². The average molecular weight is 514 g/mol. The monoisotopic (exact) mass is 513 g/mol. The van der Waals surface area contributed by atoms with Gasteiger partial charge in [-0.15, -0.1) is 5.10 Å². The fraction of sp³-hybridized carbons (Fsp3) is 0.433. The molecule has 3 heterocycles. The van der Waals surface area contributed by atoms with E-state index < -0.39 is 0 Å². The maximum Gasteiger partial charge on any atom is 0.293 e. The lowest BCUT2D eigenvalue weighted by Crippen LogP contribution is -2.56. The molecule has 5 rings (SSSR count). The summed E-state index contributed by atoms with van der Waals surface area (Å²) < 4.78 is 1.80. The van der Waals surface area contributed by atoms with Gasteiger partial charge in [-0.2, -0.15) is 0 Å². The Hall–Kier alpha value is -3.65. The van der Waals surface area contributed by atoms with Crippen LogP contribution in [0, 0.1) is 6.92 Å². The largest absolute Gasteiger partial charge is 0.359 e. The van der Waals surface area contributed by atoms with E-state index in [0.29, 0.717) is 18.9 Å². The number of aryl methyl sites for hydroxylation is 1. The van der Waals surface area contributed by atoms with Crippen molar-refractivity contribution in [2.45, 2.75) is 65.7 Å². The first-order valence-electron chi connectivity index (χ1n) is 13.5. The molecule has 2 aromatic carbocycles. The van der Waals surface area contributed by atoms with Crippen LogP contribution in [-0.4, -0.2) is 69.9 Å². The molecule has 0 unspecified atom stereocenters. The highest BCUT2D eigenvalue weighted by atomic mass is 16.2. The molecule has 2 aliphatic rings. The van der Waals surface area contributed by atoms with Crippen LogP contribution >= 0.6 is 0 Å². The molecule has 8 nitrogen and oxygen atoms in total. The smallest absolute Gasteiger partial charge is 0.293 e. The molecule has 8 heteroatoms. The fourth-order valence-corrected chi connectivity index (χ4v) is 5.77. The molecule has 1 saturated heterocycles. The van der Waals surface area contributed by atoms with Crippen LogP contribution < -0.4 is 15.1 Å². The Balaban J connectivity index is 1.63. The van der Waals surface area contributed by atoms with Crippen LogP contribution in [0.1, 0.15) is 50.8 Å². The van der Waals surface area contributed by atoms with E-state index in [0.717, 1.165) is 33.9 Å². The highest BCUT2D eigenvalue weighted by Crippen LogP contribution is 2.42. The molecule has 1 aromatic heterocycles. The van der Waals surface area contributed by atoms with Crippen molar-refractivity contribution in [1.29, 1.82) is 0 Å². The first kappa shape index (κ1) is 26.0. The second kappa shape index (κ2) is 9.91. The molecular formula is C30H39N7O. The van der Waals surface area contributed by atoms with Crippen LogP contribution in [0.5, 0.6) is 0 Å². The standard InChI is InChI=1S/C30H39N7O/c1-18(2)36-23(7)22(6)34(8)26-14-11-24(15-27(26)36)29-32-28(30(38)35-16-20(4)31-21(5)17-35)33-37(29)25-12-9-19(3)10-13-25/h9-15,18,20-21,23,31H,6,16-17H2,1-5,7-8H3/t20-,21+,23-/m1/s1. The molecule has 0 bridgehead atoms. The van der Waals surface area contributed by atoms with Gasteiger partial charge in [0.25, 0.3) is 5.91 Å². The first-order chi connectivity index (χ1) is 18.0. The Kier molecular flexibility index (Phi) is 6.77. The molecule has 1 N–H and O–H groups in total. The fourth-order valence-electron chi connectivity index (χ4n) is 5.77. The summed E-state index contributed by atoms with van der Waals surface area (Å²) in [5.74, 6) is 0.738. The number of carbonyl (C=O) groups excluding carboxylic acids is 1. The van der Waals surface area contributed by atoms with Crippen molar-refractivity contribution in [1.82, 2.24) is 25.0 Å². The third-order valence-electron chi connectivity index (χ3n) is 7.68. The van der Waals surface area contributed by atoms with Crippen molar-refractivity contribution in [3.63, 3.8) is 0 Å². The predicted octanol–water partition coefficient (Wildman–Crippen LogP) is 4.63. The summed E-state index contributed by atoms with van der Waals surface area (Å²) in [7, 11) is 2.07. The number of benzene rings is 2. The van der Waals surface area contributed by atoms with Crippen LogP contribution in [0.3, 0.4) is 0 Å². The number of rotatable bonds is 4. The van der Waals surface area contributed by atoms with Gasteiger partial charge in [-0.05, 0) is 71.9 Å². The van der Waals surface area contributed by atoms with E-state index in [4.69, 9.17) is 10.1 Å². The van der Waals surface area contributed by atoms with Gasteiger partial charge < -0.3 is 20.0 Å². The van der Waals surface area contributed by atoms with Gasteiger partial charge in [0, 0.05) is 49.5 Å². The van der Waals surface area contributed by atoms with Crippen LogP contribution in [0.15, 0.2) is 54.7 Å². The topological polar surface area (TPSA) is 69.5 Å². The number of fused-ring (bicyclic) bond motifs is 1. The molecule has 38 heavy (non-hydrogen) atoms. The number of hydrogen-bond donors (Lipinski definition) is 1. The highest BCUT2D eigenvalue weighted by molar-refractivity contribution is 5.91. The molecule has 1 amide bonds. The van der Waals surface area contributed by atoms with Crippen molar-refractivity contribution in [2.75, 3.05) is 29.9 Å². The quantitative estimate of drug-likeness (QED) is 0.549. The van der Waals surface area contributed by atoms with Crippen molar-refractivity contribution in [3.8, 4) is 17.1 Å². The number of piperazine rings is 1. The van der Waals surface area contributed by atoms with E-state index in [1.807, 2.05) is 17.0 Å². The predicted molar refractivity (Wildman–Crippen MR) is 154 cm³/mol. The maximum absolute atomic E-state index is 13.6. The summed E-state index contributed by atoms with van der Waals surface area (Å²) in [6, 6.07) is 15.4. The SMILES string of the molecule is C=C1[C@@H](C)N(C(C)C)c2cc(-c3nc(C(=O)N4C[C@@H](C)N[C@@H](C)C4)nn3-c3ccc(C)cc3)ccc2N1C. The normalized spacial score (nSPS) is 21.7. The van der Waals surface area contributed by atoms with Crippen molar-refractivity contribution < 1.29 is 4.79 Å². The zero-order valence-corrected chi connectivity index (χ0v) is 23.6. The van der Waals surface area contributed by atoms with Gasteiger partial charge in [-0.25, -0.2) is 9.67 Å². The lowest BCUT2D eigenvalue weighted by atomic mass is 10.0. The third-order valence-corrected chi connectivity index (χ3v) is 7.68. The van der Waals surface area contributed by atoms with E-state index in [9.17, 15) is 4.79 Å². The molecule has 3 atom stereocenters. The zero-order valence-electron chi connectivity index (χ0n) is 23.6. The van der Waals surface area contributed by atoms with Crippen molar-refractivity contribution >= 4 is 17.3 Å². The van der Waals surface area contributed by atoms with E-state index in [1.165, 1.54) is 0 Å². The van der Waals surface area contributed by atoms with Crippen LogP contribution in [0.2, 0.25) is 0 Å². The van der Waals surface area contributed by atoms with Crippen LogP contribution in [-0.2, 0) is 0 Å². The number of carbonyl (C=O) groups is 1. The minimum atomic E-state index is -0.135. The Morgan fingerprint density at radius 1 is 1.03 bits per heavy atom. The maximum atomic E-state index is 13.6. The van der Waals surface area contributed by atoms with Crippen LogP contribution in [0.4, 0.5) is 11.4 Å². The highest BCUT2D eigenvalue weighted by Gasteiger charge is 2.33. The van der Waals surface area contributed by atoms with E-state index in [-0.39, 0.29) is 35.9 Å². The third kappa shape index (κ3) is 4.58. The number of aromatic nitrogens is 3. The van der Waals surface area contributed by atoms with Gasteiger partial charge in [0.2, 0.25) is 5.82 Å². The van der Waals surface area contributed by atoms with Crippen LogP contribution in [0.25, 0.3) is 17.1 Å². The summed E-state index contributed by atoms with van der Waals surface area (Å²) in [6.07, 6.45) is 0. The molecule has 0 aliphatic carbocycles. The number of anilines is 2. The van der Waals surface area contributed by atoms with Gasteiger partial charge in [0.15, 0.2) is 5.82 Å². The Morgan fingerprint density at radius 2 is 1.68 bits per heavy atom. The number of hydrogen-bond acceptors (Lipinski definition) is 6. The van der Waals surface area contributed by atoms with Gasteiger partial charge in [-0.1, -0.05) is 24.3 Å². The van der Waals surface area contributed by atoms with Gasteiger partial charge in [0.05, 0.1) is 23.1 Å². The molecule has 0 radical (unpaired) electrons. The minimum Gasteiger partial charge on any atom is -0.359 e. The number of likely N-dealkylation sites (N-methyl/N-ethyl adjacent to an activating group) is 1. The molecule has 3 aromatic rings. The lowest BCUT2D eigenvalue weighted by Gasteiger charge is -2.45. The molecule has 2 aliphatic heterocycles. The summed E-state index contributed by atoms with van der Waals surface area (Å²) >= 11 is 0. The van der Waals surface area contributed by atoms with E-state index in [1.54, 1.807) is 4.68 Å². The molecular weight excluding hydrogens is 474 g/mol. The number of nitrogens with one attached hydrogen (secondary N) is 1. The molecule has 0 spiro atoms. The molecule has 200 valence electrons. The molecule has 0 saturated carbocycles. The zero-order chi connectivity index (χ0) is 27.3. The first-order valence-corrected chi connectivity index (χ1v) is 13.5. The van der Waals surface area contributed by atoms with Gasteiger partial charge in [-0.3, -0.25) is 4.79 Å². The average Bonchev–Trinajstić information content (AvgIpc) is 3.32. The minimum absolute atomic E-state index is 0.135. The summed E-state index contributed by atoms with van der Waals surface area (Å²) in [4.78, 5) is 24.9. The Bertz CT molecular complexity index is 1350. The van der Waals surface area contributed by atoms with Crippen molar-refractivity contribution in [3.05, 3.63) is 66.1 Å². The summed E-state index contributed by atoms with van der Waals surface area (Å²) in [5.41, 5.74) is 6.24. The van der Waals surface area contributed by atoms with E-state index in [2.05, 4.69) is 101 Å². The number of amides is 1. The lowest BCUT2D eigenvalue weighted by molar-refractivity contribution is 0.0661. The molecule has 1 fully saturated rings. The second-order valence-corrected chi connectivity index (χ2v) is 11.1. The Labute approximate surface area is 226 Å². The van der Waals surface area contributed by atoms with Gasteiger partial charge in [0.1, 0.15) is 0 Å². The van der Waals surface area contributed by atoms with Crippen molar-refractivity contribution in [2.24, 2.45) is 0 Å². The summed E-state index contributed by atoms with van der Waals surface area (Å²) in [6.45, 7) is 18.4. The Morgan fingerprint density at radius 3 is 2.32 bits per heavy atom. The second-order valence-electron chi connectivity index (χ2n) is 11.1. The van der Waals surface area contributed by atoms with E-state index >= 15 is 0 Å².